The molecular formula is C15H19N3O3. The molecule has 0 saturated carbocycles. The van der Waals surface area contributed by atoms with Crippen molar-refractivity contribution in [3.05, 3.63) is 42.2 Å². The summed E-state index contributed by atoms with van der Waals surface area (Å²) in [5, 5.41) is 3.15. The van der Waals surface area contributed by atoms with Crippen LogP contribution in [0.5, 0.6) is 17.5 Å². The highest BCUT2D eigenvalue weighted by atomic mass is 16.5. The van der Waals surface area contributed by atoms with Gasteiger partial charge in [-0.15, -0.1) is 0 Å². The van der Waals surface area contributed by atoms with Crippen LogP contribution in [-0.4, -0.2) is 37.8 Å². The molecule has 1 unspecified atom stereocenters. The summed E-state index contributed by atoms with van der Waals surface area (Å²) >= 11 is 0. The number of benzene rings is 1. The van der Waals surface area contributed by atoms with Crippen LogP contribution in [0, 0.1) is 0 Å². The zero-order valence-electron chi connectivity index (χ0n) is 12.4. The number of hydrogen-bond donors (Lipinski definition) is 1. The van der Waals surface area contributed by atoms with Gasteiger partial charge in [-0.25, -0.2) is 4.98 Å². The normalized spacial score (nSPS) is 11.8. The van der Waals surface area contributed by atoms with Gasteiger partial charge in [-0.05, 0) is 19.2 Å². The van der Waals surface area contributed by atoms with Crippen LogP contribution < -0.4 is 19.5 Å². The molecular weight excluding hydrogens is 270 g/mol. The Kier molecular flexibility index (Phi) is 5.34. The van der Waals surface area contributed by atoms with Crippen molar-refractivity contribution in [1.82, 2.24) is 15.3 Å². The van der Waals surface area contributed by atoms with E-state index in [9.17, 15) is 0 Å². The van der Waals surface area contributed by atoms with Crippen molar-refractivity contribution >= 4 is 0 Å². The Balaban J connectivity index is 2.13. The molecule has 0 aliphatic heterocycles. The molecule has 112 valence electrons. The van der Waals surface area contributed by atoms with E-state index in [1.54, 1.807) is 13.3 Å². The number of para-hydroxylation sites is 1. The molecule has 1 atom stereocenters. The number of hydrogen-bond acceptors (Lipinski definition) is 6. The zero-order valence-corrected chi connectivity index (χ0v) is 12.4. The van der Waals surface area contributed by atoms with Gasteiger partial charge in [-0.3, -0.25) is 0 Å². The van der Waals surface area contributed by atoms with Gasteiger partial charge < -0.3 is 19.5 Å². The van der Waals surface area contributed by atoms with Gasteiger partial charge in [0.15, 0.2) is 0 Å². The van der Waals surface area contributed by atoms with E-state index in [1.807, 2.05) is 37.4 Å². The second-order valence-electron chi connectivity index (χ2n) is 4.27. The predicted molar refractivity (Wildman–Crippen MR) is 78.9 cm³/mol. The van der Waals surface area contributed by atoms with Crippen LogP contribution in [0.2, 0.25) is 0 Å². The van der Waals surface area contributed by atoms with E-state index >= 15 is 0 Å². The van der Waals surface area contributed by atoms with Crippen molar-refractivity contribution in [2.75, 3.05) is 27.9 Å². The third-order valence-electron chi connectivity index (χ3n) is 2.99. The first-order valence-electron chi connectivity index (χ1n) is 6.58. The lowest BCUT2D eigenvalue weighted by molar-refractivity contribution is 0.263. The van der Waals surface area contributed by atoms with Crippen LogP contribution >= 0.6 is 0 Å². The Morgan fingerprint density at radius 2 is 1.90 bits per heavy atom. The average Bonchev–Trinajstić information content (AvgIpc) is 2.56. The van der Waals surface area contributed by atoms with E-state index in [0.29, 0.717) is 24.1 Å². The smallest absolute Gasteiger partial charge is 0.240 e. The lowest BCUT2D eigenvalue weighted by Gasteiger charge is -2.18. The fourth-order valence-electron chi connectivity index (χ4n) is 1.85. The summed E-state index contributed by atoms with van der Waals surface area (Å²) in [7, 11) is 4.93. The van der Waals surface area contributed by atoms with Gasteiger partial charge in [0.05, 0.1) is 26.5 Å². The third kappa shape index (κ3) is 3.82. The summed E-state index contributed by atoms with van der Waals surface area (Å²) in [5.74, 6) is 1.64. The topological polar surface area (TPSA) is 65.5 Å². The first kappa shape index (κ1) is 15.1. The molecule has 6 heteroatoms. The monoisotopic (exact) mass is 289 g/mol. The van der Waals surface area contributed by atoms with Crippen molar-refractivity contribution in [1.29, 1.82) is 0 Å². The van der Waals surface area contributed by atoms with Crippen LogP contribution in [0.3, 0.4) is 0 Å². The summed E-state index contributed by atoms with van der Waals surface area (Å²) in [5.41, 5.74) is 0.678. The lowest BCUT2D eigenvalue weighted by Crippen LogP contribution is -2.25. The Bertz CT molecular complexity index is 563. The summed E-state index contributed by atoms with van der Waals surface area (Å²) in [4.78, 5) is 8.58. The summed E-state index contributed by atoms with van der Waals surface area (Å²) in [6.45, 7) is 0.415. The predicted octanol–water partition coefficient (Wildman–Crippen LogP) is 1.83. The fourth-order valence-corrected chi connectivity index (χ4v) is 1.85. The molecule has 0 bridgehead atoms. The third-order valence-corrected chi connectivity index (χ3v) is 2.99. The number of aromatic nitrogens is 2. The SMILES string of the molecule is CNC(COc1ccccc1)c1ncc(OC)nc1OC. The largest absolute Gasteiger partial charge is 0.492 e. The van der Waals surface area contributed by atoms with Crippen LogP contribution in [0.25, 0.3) is 0 Å². The number of nitrogens with one attached hydrogen (secondary N) is 1. The summed E-state index contributed by atoms with van der Waals surface area (Å²) < 4.78 is 16.1. The molecule has 1 N–H and O–H groups in total. The molecule has 1 aromatic carbocycles. The van der Waals surface area contributed by atoms with Crippen LogP contribution in [0.1, 0.15) is 11.7 Å². The average molecular weight is 289 g/mol. The highest BCUT2D eigenvalue weighted by Crippen LogP contribution is 2.23. The maximum absolute atomic E-state index is 5.75. The van der Waals surface area contributed by atoms with Gasteiger partial charge in [0.2, 0.25) is 11.8 Å². The number of nitrogens with zero attached hydrogens (tertiary/aromatic N) is 2. The highest BCUT2D eigenvalue weighted by Gasteiger charge is 2.19. The maximum atomic E-state index is 5.75. The molecule has 2 rings (SSSR count). The van der Waals surface area contributed by atoms with E-state index in [4.69, 9.17) is 14.2 Å². The van der Waals surface area contributed by atoms with Gasteiger partial charge >= 0.3 is 0 Å². The molecule has 0 spiro atoms. The van der Waals surface area contributed by atoms with Gasteiger partial charge in [0, 0.05) is 0 Å². The molecule has 2 aromatic rings. The highest BCUT2D eigenvalue weighted by molar-refractivity contribution is 5.26. The van der Waals surface area contributed by atoms with E-state index in [0.717, 1.165) is 5.75 Å². The van der Waals surface area contributed by atoms with Gasteiger partial charge in [0.1, 0.15) is 18.1 Å². The molecule has 0 saturated heterocycles. The first-order chi connectivity index (χ1) is 10.3. The quantitative estimate of drug-likeness (QED) is 0.839. The number of likely N-dealkylation sites (N-methyl/N-ethyl adjacent to an activating group) is 1. The van der Waals surface area contributed by atoms with E-state index in [1.165, 1.54) is 7.11 Å². The molecule has 6 nitrogen and oxygen atoms in total. The van der Waals surface area contributed by atoms with Gasteiger partial charge in [0.25, 0.3) is 0 Å². The van der Waals surface area contributed by atoms with Crippen molar-refractivity contribution in [2.24, 2.45) is 0 Å². The molecule has 21 heavy (non-hydrogen) atoms. The first-order valence-corrected chi connectivity index (χ1v) is 6.58. The molecule has 0 aliphatic rings. The Morgan fingerprint density at radius 1 is 1.14 bits per heavy atom. The Morgan fingerprint density at radius 3 is 2.52 bits per heavy atom. The van der Waals surface area contributed by atoms with Crippen LogP contribution in [0.4, 0.5) is 0 Å². The standard InChI is InChI=1S/C15H19N3O3/c1-16-12(10-21-11-7-5-4-6-8-11)14-15(20-3)18-13(19-2)9-17-14/h4-9,12,16H,10H2,1-3H3. The minimum atomic E-state index is -0.140. The van der Waals surface area contributed by atoms with Crippen molar-refractivity contribution < 1.29 is 14.2 Å². The summed E-state index contributed by atoms with van der Waals surface area (Å²) in [6.07, 6.45) is 1.56. The molecule has 0 aliphatic carbocycles. The van der Waals surface area contributed by atoms with Crippen molar-refractivity contribution in [2.45, 2.75) is 6.04 Å². The molecule has 0 radical (unpaired) electrons. The second-order valence-corrected chi connectivity index (χ2v) is 4.27. The molecule has 1 heterocycles. The number of rotatable bonds is 7. The molecule has 0 fully saturated rings. The van der Waals surface area contributed by atoms with E-state index in [2.05, 4.69) is 15.3 Å². The zero-order chi connectivity index (χ0) is 15.1. The van der Waals surface area contributed by atoms with Crippen molar-refractivity contribution in [3.8, 4) is 17.5 Å². The lowest BCUT2D eigenvalue weighted by atomic mass is 10.2. The molecule has 0 amide bonds. The summed E-state index contributed by atoms with van der Waals surface area (Å²) in [6, 6.07) is 9.47. The Labute approximate surface area is 124 Å². The number of methoxy groups -OCH3 is 2. The van der Waals surface area contributed by atoms with Gasteiger partial charge in [-0.1, -0.05) is 18.2 Å². The number of ether oxygens (including phenoxy) is 3. The van der Waals surface area contributed by atoms with Crippen molar-refractivity contribution in [3.63, 3.8) is 0 Å². The van der Waals surface area contributed by atoms with Crippen LogP contribution in [-0.2, 0) is 0 Å². The second kappa shape index (κ2) is 7.44. The van der Waals surface area contributed by atoms with Crippen LogP contribution in [0.15, 0.2) is 36.5 Å². The van der Waals surface area contributed by atoms with E-state index < -0.39 is 0 Å². The minimum absolute atomic E-state index is 0.140. The van der Waals surface area contributed by atoms with Gasteiger partial charge in [-0.2, -0.15) is 4.98 Å². The fraction of sp³-hybridized carbons (Fsp3) is 0.333. The van der Waals surface area contributed by atoms with E-state index in [-0.39, 0.29) is 6.04 Å². The Hall–Kier alpha value is -2.34. The molecule has 1 aromatic heterocycles. The minimum Gasteiger partial charge on any atom is -0.492 e. The maximum Gasteiger partial charge on any atom is 0.240 e.